The van der Waals surface area contributed by atoms with Crippen LogP contribution < -0.4 is 5.73 Å². The third kappa shape index (κ3) is 2.28. The molecule has 0 saturated heterocycles. The second kappa shape index (κ2) is 3.05. The van der Waals surface area contributed by atoms with Crippen LogP contribution in [0.5, 0.6) is 0 Å². The third-order valence-corrected chi connectivity index (χ3v) is 1.33. The van der Waals surface area contributed by atoms with Gasteiger partial charge in [-0.2, -0.15) is 0 Å². The lowest BCUT2D eigenvalue weighted by Gasteiger charge is -2.17. The zero-order valence-electron chi connectivity index (χ0n) is 5.76. The molecule has 0 radical (unpaired) electrons. The molecule has 0 rings (SSSR count). The highest BCUT2D eigenvalue weighted by Gasteiger charge is 2.11. The van der Waals surface area contributed by atoms with Crippen LogP contribution in [0.2, 0.25) is 0 Å². The number of nitrogens with two attached hydrogens (primary N) is 1. The van der Waals surface area contributed by atoms with E-state index in [0.717, 1.165) is 0 Å². The van der Waals surface area contributed by atoms with Gasteiger partial charge in [0, 0.05) is 6.04 Å². The van der Waals surface area contributed by atoms with E-state index in [-0.39, 0.29) is 12.1 Å². The Morgan fingerprint density at radius 2 is 1.62 bits per heavy atom. The molecule has 2 nitrogen and oxygen atoms in total. The maximum Gasteiger partial charge on any atom is 0.0665 e. The molecule has 0 fully saturated rings. The molecule has 0 saturated carbocycles. The fourth-order valence-electron chi connectivity index (χ4n) is 0.557. The minimum atomic E-state index is -0.380. The number of rotatable bonds is 2. The van der Waals surface area contributed by atoms with E-state index in [2.05, 4.69) is 0 Å². The van der Waals surface area contributed by atoms with Gasteiger partial charge >= 0.3 is 0 Å². The van der Waals surface area contributed by atoms with Crippen molar-refractivity contribution in [3.63, 3.8) is 0 Å². The molecule has 0 aliphatic carbocycles. The molecule has 50 valence electrons. The largest absolute Gasteiger partial charge is 0.392 e. The second-order valence-corrected chi connectivity index (χ2v) is 2.56. The Balaban J connectivity index is 3.46. The maximum absolute atomic E-state index is 8.87. The number of aliphatic hydroxyl groups is 1. The van der Waals surface area contributed by atoms with Crippen molar-refractivity contribution in [1.82, 2.24) is 0 Å². The van der Waals surface area contributed by atoms with Crippen LogP contribution in [-0.4, -0.2) is 17.3 Å². The highest BCUT2D eigenvalue weighted by Crippen LogP contribution is 2.01. The molecule has 0 aromatic rings. The Labute approximate surface area is 50.7 Å². The molecule has 0 spiro atoms. The predicted octanol–water partition coefficient (Wildman–Crippen LogP) is 0.350. The first-order valence-corrected chi connectivity index (χ1v) is 2.99. The highest BCUT2D eigenvalue weighted by atomic mass is 16.3. The monoisotopic (exact) mass is 117 g/mol. The molecule has 2 heteroatoms. The Morgan fingerprint density at radius 3 is 1.62 bits per heavy atom. The Bertz CT molecular complexity index is 53.5. The van der Waals surface area contributed by atoms with Gasteiger partial charge in [0.15, 0.2) is 0 Å². The van der Waals surface area contributed by atoms with Crippen molar-refractivity contribution < 1.29 is 5.11 Å². The van der Waals surface area contributed by atoms with Gasteiger partial charge in [0.05, 0.1) is 6.10 Å². The van der Waals surface area contributed by atoms with E-state index in [0.29, 0.717) is 5.92 Å². The Hall–Kier alpha value is -0.0800. The molecule has 0 bridgehead atoms. The van der Waals surface area contributed by atoms with E-state index in [1.165, 1.54) is 0 Å². The molecule has 0 aromatic carbocycles. The molecule has 0 aliphatic rings. The first-order valence-electron chi connectivity index (χ1n) is 2.99. The van der Waals surface area contributed by atoms with Crippen LogP contribution in [-0.2, 0) is 0 Å². The molecule has 2 atom stereocenters. The SMILES string of the molecule is CC(C)C(N)C(C)O. The van der Waals surface area contributed by atoms with Crippen LogP contribution in [0.25, 0.3) is 0 Å². The standard InChI is InChI=1S/C6H15NO/c1-4(2)6(7)5(3)8/h4-6,8H,7H2,1-3H3. The lowest BCUT2D eigenvalue weighted by molar-refractivity contribution is 0.142. The number of hydrogen-bond donors (Lipinski definition) is 2. The van der Waals surface area contributed by atoms with Gasteiger partial charge < -0.3 is 10.8 Å². The summed E-state index contributed by atoms with van der Waals surface area (Å²) >= 11 is 0. The fraction of sp³-hybridized carbons (Fsp3) is 1.00. The number of hydrogen-bond acceptors (Lipinski definition) is 2. The van der Waals surface area contributed by atoms with E-state index in [1.807, 2.05) is 13.8 Å². The van der Waals surface area contributed by atoms with Crippen molar-refractivity contribution >= 4 is 0 Å². The minimum Gasteiger partial charge on any atom is -0.392 e. The van der Waals surface area contributed by atoms with Gasteiger partial charge in [-0.3, -0.25) is 0 Å². The summed E-state index contributed by atoms with van der Waals surface area (Å²) in [6.07, 6.45) is -0.380. The van der Waals surface area contributed by atoms with E-state index in [4.69, 9.17) is 10.8 Å². The Morgan fingerprint density at radius 1 is 1.25 bits per heavy atom. The van der Waals surface area contributed by atoms with Crippen molar-refractivity contribution in [2.24, 2.45) is 11.7 Å². The lowest BCUT2D eigenvalue weighted by Crippen LogP contribution is -2.36. The first kappa shape index (κ1) is 7.92. The van der Waals surface area contributed by atoms with Crippen molar-refractivity contribution in [1.29, 1.82) is 0 Å². The summed E-state index contributed by atoms with van der Waals surface area (Å²) in [4.78, 5) is 0. The van der Waals surface area contributed by atoms with Crippen LogP contribution in [0.3, 0.4) is 0 Å². The van der Waals surface area contributed by atoms with Crippen molar-refractivity contribution in [3.05, 3.63) is 0 Å². The minimum absolute atomic E-state index is 0.0741. The van der Waals surface area contributed by atoms with Gasteiger partial charge in [0.2, 0.25) is 0 Å². The van der Waals surface area contributed by atoms with Crippen molar-refractivity contribution in [2.45, 2.75) is 32.9 Å². The van der Waals surface area contributed by atoms with Gasteiger partial charge in [0.1, 0.15) is 0 Å². The predicted molar refractivity (Wildman–Crippen MR) is 34.5 cm³/mol. The topological polar surface area (TPSA) is 46.2 Å². The van der Waals surface area contributed by atoms with E-state index in [1.54, 1.807) is 6.92 Å². The average Bonchev–Trinajstić information content (AvgIpc) is 1.64. The Kier molecular flexibility index (Phi) is 3.02. The van der Waals surface area contributed by atoms with Crippen LogP contribution in [0.4, 0.5) is 0 Å². The third-order valence-electron chi connectivity index (χ3n) is 1.33. The van der Waals surface area contributed by atoms with Gasteiger partial charge in [-0.05, 0) is 12.8 Å². The number of aliphatic hydroxyl groups excluding tert-OH is 1. The summed E-state index contributed by atoms with van der Waals surface area (Å²) in [5, 5.41) is 8.87. The molecular weight excluding hydrogens is 102 g/mol. The highest BCUT2D eigenvalue weighted by molar-refractivity contribution is 4.69. The zero-order chi connectivity index (χ0) is 6.73. The molecule has 0 heterocycles. The first-order chi connectivity index (χ1) is 3.55. The normalized spacial score (nSPS) is 18.8. The molecule has 3 N–H and O–H groups in total. The van der Waals surface area contributed by atoms with E-state index in [9.17, 15) is 0 Å². The summed E-state index contributed by atoms with van der Waals surface area (Å²) in [5.41, 5.74) is 5.51. The molecule has 2 unspecified atom stereocenters. The maximum atomic E-state index is 8.87. The fourth-order valence-corrected chi connectivity index (χ4v) is 0.557. The lowest BCUT2D eigenvalue weighted by atomic mass is 10.0. The molecule has 0 amide bonds. The van der Waals surface area contributed by atoms with E-state index < -0.39 is 0 Å². The summed E-state index contributed by atoms with van der Waals surface area (Å²) in [6, 6.07) is -0.0741. The average molecular weight is 117 g/mol. The van der Waals surface area contributed by atoms with Crippen LogP contribution in [0, 0.1) is 5.92 Å². The molecule has 8 heavy (non-hydrogen) atoms. The van der Waals surface area contributed by atoms with Crippen molar-refractivity contribution in [3.8, 4) is 0 Å². The van der Waals surface area contributed by atoms with Crippen LogP contribution in [0.1, 0.15) is 20.8 Å². The zero-order valence-corrected chi connectivity index (χ0v) is 5.76. The molecule has 0 aliphatic heterocycles. The molecule has 0 aromatic heterocycles. The van der Waals surface area contributed by atoms with Crippen LogP contribution >= 0.6 is 0 Å². The summed E-state index contributed by atoms with van der Waals surface area (Å²) in [5.74, 6) is 0.370. The summed E-state index contributed by atoms with van der Waals surface area (Å²) in [6.45, 7) is 5.71. The van der Waals surface area contributed by atoms with Crippen molar-refractivity contribution in [2.75, 3.05) is 0 Å². The van der Waals surface area contributed by atoms with Gasteiger partial charge in [-0.15, -0.1) is 0 Å². The summed E-state index contributed by atoms with van der Waals surface area (Å²) < 4.78 is 0. The van der Waals surface area contributed by atoms with Gasteiger partial charge in [-0.25, -0.2) is 0 Å². The van der Waals surface area contributed by atoms with Crippen LogP contribution in [0.15, 0.2) is 0 Å². The second-order valence-electron chi connectivity index (χ2n) is 2.56. The van der Waals surface area contributed by atoms with E-state index >= 15 is 0 Å². The quantitative estimate of drug-likeness (QED) is 0.548. The van der Waals surface area contributed by atoms with Gasteiger partial charge in [-0.1, -0.05) is 13.8 Å². The molecular formula is C6H15NO. The van der Waals surface area contributed by atoms with Gasteiger partial charge in [0.25, 0.3) is 0 Å². The smallest absolute Gasteiger partial charge is 0.0665 e. The summed E-state index contributed by atoms with van der Waals surface area (Å²) in [7, 11) is 0.